The smallest absolute Gasteiger partial charge is 0.280 e. The van der Waals surface area contributed by atoms with E-state index in [0.717, 1.165) is 5.56 Å². The SMILES string of the molecule is CCOc1cc(/C=C2\C(=O)N(c3ccc(S(N)(=O)=O)cc3)N=C2C)cc(Br)c1OCc1ccccc1Cl. The van der Waals surface area contributed by atoms with Crippen LogP contribution in [-0.2, 0) is 21.4 Å². The first-order valence-corrected chi connectivity index (χ1v) is 13.9. The highest BCUT2D eigenvalue weighted by atomic mass is 79.9. The van der Waals surface area contributed by atoms with Crippen molar-refractivity contribution in [2.24, 2.45) is 10.2 Å². The van der Waals surface area contributed by atoms with E-state index in [1.165, 1.54) is 29.3 Å². The Kier molecular flexibility index (Phi) is 8.03. The van der Waals surface area contributed by atoms with Crippen LogP contribution in [0, 0.1) is 0 Å². The van der Waals surface area contributed by atoms with E-state index < -0.39 is 10.0 Å². The normalized spacial score (nSPS) is 14.7. The minimum absolute atomic E-state index is 0.0514. The second kappa shape index (κ2) is 11.1. The van der Waals surface area contributed by atoms with Crippen molar-refractivity contribution >= 4 is 60.9 Å². The van der Waals surface area contributed by atoms with E-state index in [9.17, 15) is 13.2 Å². The molecule has 0 aromatic heterocycles. The van der Waals surface area contributed by atoms with Gasteiger partial charge in [0.25, 0.3) is 5.91 Å². The Balaban J connectivity index is 1.61. The van der Waals surface area contributed by atoms with Crippen LogP contribution in [0.15, 0.2) is 80.7 Å². The number of rotatable bonds is 8. The van der Waals surface area contributed by atoms with Crippen molar-refractivity contribution in [1.82, 2.24) is 0 Å². The summed E-state index contributed by atoms with van der Waals surface area (Å²) < 4.78 is 35.5. The Bertz CT molecular complexity index is 1520. The first-order chi connectivity index (χ1) is 17.6. The summed E-state index contributed by atoms with van der Waals surface area (Å²) >= 11 is 9.81. The number of ether oxygens (including phenoxy) is 2. The molecule has 0 unspecified atom stereocenters. The van der Waals surface area contributed by atoms with Gasteiger partial charge in [-0.1, -0.05) is 29.8 Å². The van der Waals surface area contributed by atoms with Gasteiger partial charge in [0.05, 0.1) is 32.9 Å². The number of anilines is 1. The Hall–Kier alpha value is -3.18. The second-order valence-corrected chi connectivity index (χ2v) is 10.9. The molecule has 1 amide bonds. The summed E-state index contributed by atoms with van der Waals surface area (Å²) in [5.74, 6) is 0.670. The third-order valence-electron chi connectivity index (χ3n) is 5.44. The average Bonchev–Trinajstić information content (AvgIpc) is 3.12. The molecule has 1 heterocycles. The van der Waals surface area contributed by atoms with Crippen molar-refractivity contribution in [2.75, 3.05) is 11.6 Å². The van der Waals surface area contributed by atoms with Crippen molar-refractivity contribution in [1.29, 1.82) is 0 Å². The van der Waals surface area contributed by atoms with E-state index in [1.807, 2.05) is 31.2 Å². The summed E-state index contributed by atoms with van der Waals surface area (Å²) in [4.78, 5) is 13.1. The molecule has 0 saturated heterocycles. The van der Waals surface area contributed by atoms with E-state index >= 15 is 0 Å². The highest BCUT2D eigenvalue weighted by molar-refractivity contribution is 9.10. The van der Waals surface area contributed by atoms with Crippen LogP contribution >= 0.6 is 27.5 Å². The number of carbonyl (C=O) groups excluding carboxylic acids is 1. The Labute approximate surface area is 228 Å². The molecule has 0 saturated carbocycles. The number of hydrazone groups is 1. The van der Waals surface area contributed by atoms with Crippen LogP contribution in [0.4, 0.5) is 5.69 Å². The monoisotopic (exact) mass is 603 g/mol. The minimum atomic E-state index is -3.84. The molecule has 0 atom stereocenters. The molecule has 3 aromatic rings. The predicted molar refractivity (Wildman–Crippen MR) is 147 cm³/mol. The fourth-order valence-electron chi connectivity index (χ4n) is 3.64. The summed E-state index contributed by atoms with van der Waals surface area (Å²) in [7, 11) is -3.84. The molecule has 1 aliphatic rings. The van der Waals surface area contributed by atoms with Crippen molar-refractivity contribution in [2.45, 2.75) is 25.3 Å². The summed E-state index contributed by atoms with van der Waals surface area (Å²) in [6, 6.07) is 16.7. The van der Waals surface area contributed by atoms with Gasteiger partial charge in [0, 0.05) is 10.6 Å². The molecule has 37 heavy (non-hydrogen) atoms. The van der Waals surface area contributed by atoms with E-state index in [-0.39, 0.29) is 17.4 Å². The zero-order valence-corrected chi connectivity index (χ0v) is 23.1. The second-order valence-electron chi connectivity index (χ2n) is 8.04. The lowest BCUT2D eigenvalue weighted by Crippen LogP contribution is -2.21. The molecule has 11 heteroatoms. The number of sulfonamides is 1. The Morgan fingerprint density at radius 2 is 1.81 bits per heavy atom. The van der Waals surface area contributed by atoms with Crippen LogP contribution in [0.5, 0.6) is 11.5 Å². The Morgan fingerprint density at radius 1 is 1.11 bits per heavy atom. The van der Waals surface area contributed by atoms with Gasteiger partial charge in [0.2, 0.25) is 10.0 Å². The molecule has 3 aromatic carbocycles. The maximum Gasteiger partial charge on any atom is 0.280 e. The van der Waals surface area contributed by atoms with Gasteiger partial charge in [-0.2, -0.15) is 10.1 Å². The number of halogens is 2. The van der Waals surface area contributed by atoms with Gasteiger partial charge in [-0.25, -0.2) is 13.6 Å². The van der Waals surface area contributed by atoms with E-state index in [4.69, 9.17) is 26.2 Å². The molecule has 0 bridgehead atoms. The topological polar surface area (TPSA) is 111 Å². The highest BCUT2D eigenvalue weighted by Crippen LogP contribution is 2.39. The number of primary sulfonamides is 1. The molecular weight excluding hydrogens is 582 g/mol. The third-order valence-corrected chi connectivity index (χ3v) is 7.33. The summed E-state index contributed by atoms with van der Waals surface area (Å²) in [5.41, 5.74) is 2.85. The van der Waals surface area contributed by atoms with Crippen molar-refractivity contribution in [3.05, 3.63) is 86.9 Å². The minimum Gasteiger partial charge on any atom is -0.490 e. The summed E-state index contributed by atoms with van der Waals surface area (Å²) in [6.45, 7) is 4.26. The maximum absolute atomic E-state index is 13.2. The molecule has 8 nitrogen and oxygen atoms in total. The average molecular weight is 605 g/mol. The van der Waals surface area contributed by atoms with Gasteiger partial charge in [-0.3, -0.25) is 4.79 Å². The lowest BCUT2D eigenvalue weighted by Gasteiger charge is -2.15. The number of benzene rings is 3. The number of amides is 1. The lowest BCUT2D eigenvalue weighted by molar-refractivity contribution is -0.114. The van der Waals surface area contributed by atoms with Crippen molar-refractivity contribution < 1.29 is 22.7 Å². The van der Waals surface area contributed by atoms with Crippen LogP contribution in [-0.4, -0.2) is 26.6 Å². The lowest BCUT2D eigenvalue weighted by atomic mass is 10.1. The molecule has 1 aliphatic heterocycles. The quantitative estimate of drug-likeness (QED) is 0.340. The van der Waals surface area contributed by atoms with Crippen LogP contribution < -0.4 is 19.6 Å². The summed E-state index contributed by atoms with van der Waals surface area (Å²) in [6.07, 6.45) is 1.71. The molecule has 0 radical (unpaired) electrons. The largest absolute Gasteiger partial charge is 0.490 e. The molecular formula is C26H23BrClN3O5S. The standard InChI is InChI=1S/C26H23BrClN3O5S/c1-3-35-24-14-17(13-22(27)25(24)36-15-18-6-4-5-7-23(18)28)12-21-16(2)30-31(26(21)32)19-8-10-20(11-9-19)37(29,33)34/h4-14H,3,15H2,1-2H3,(H2,29,33,34)/b21-12-. The number of nitrogens with zero attached hydrogens (tertiary/aromatic N) is 2. The first-order valence-electron chi connectivity index (χ1n) is 11.2. The zero-order chi connectivity index (χ0) is 26.7. The molecule has 0 aliphatic carbocycles. The fourth-order valence-corrected chi connectivity index (χ4v) is 4.92. The number of hydrogen-bond acceptors (Lipinski definition) is 6. The number of nitrogens with two attached hydrogens (primary N) is 1. The van der Waals surface area contributed by atoms with E-state index in [1.54, 1.807) is 25.1 Å². The van der Waals surface area contributed by atoms with Gasteiger partial charge in [-0.05, 0) is 83.9 Å². The fraction of sp³-hybridized carbons (Fsp3) is 0.154. The van der Waals surface area contributed by atoms with Crippen LogP contribution in [0.3, 0.4) is 0 Å². The Morgan fingerprint density at radius 3 is 2.46 bits per heavy atom. The molecule has 4 rings (SSSR count). The van der Waals surface area contributed by atoms with Crippen molar-refractivity contribution in [3.63, 3.8) is 0 Å². The van der Waals surface area contributed by atoms with Gasteiger partial charge in [0.15, 0.2) is 11.5 Å². The number of hydrogen-bond donors (Lipinski definition) is 1. The first kappa shape index (κ1) is 26.9. The third kappa shape index (κ3) is 6.04. The molecule has 2 N–H and O–H groups in total. The van der Waals surface area contributed by atoms with E-state index in [0.29, 0.717) is 50.1 Å². The predicted octanol–water partition coefficient (Wildman–Crippen LogP) is 5.53. The van der Waals surface area contributed by atoms with Crippen molar-refractivity contribution in [3.8, 4) is 11.5 Å². The summed E-state index contributed by atoms with van der Waals surface area (Å²) in [5, 5.41) is 11.3. The van der Waals surface area contributed by atoms with Gasteiger partial charge >= 0.3 is 0 Å². The molecule has 0 spiro atoms. The molecule has 192 valence electrons. The highest BCUT2D eigenvalue weighted by Gasteiger charge is 2.29. The number of carbonyl (C=O) groups is 1. The van der Waals surface area contributed by atoms with Crippen LogP contribution in [0.1, 0.15) is 25.0 Å². The van der Waals surface area contributed by atoms with E-state index in [2.05, 4.69) is 21.0 Å². The molecule has 0 fully saturated rings. The van der Waals surface area contributed by atoms with Gasteiger partial charge in [0.1, 0.15) is 6.61 Å². The maximum atomic E-state index is 13.2. The zero-order valence-electron chi connectivity index (χ0n) is 19.9. The van der Waals surface area contributed by atoms with Gasteiger partial charge in [-0.15, -0.1) is 0 Å². The van der Waals surface area contributed by atoms with Gasteiger partial charge < -0.3 is 9.47 Å². The van der Waals surface area contributed by atoms with Crippen LogP contribution in [0.25, 0.3) is 6.08 Å². The van der Waals surface area contributed by atoms with Crippen LogP contribution in [0.2, 0.25) is 5.02 Å².